The molecular formula is C17H22O2. The SMILES string of the molecule is CO[C@@]1(C)C[C@]2(C)C(=O)C[C@H]1C[C@H]2c1ccccc1. The monoisotopic (exact) mass is 258 g/mol. The highest BCUT2D eigenvalue weighted by Crippen LogP contribution is 2.60. The van der Waals surface area contributed by atoms with Crippen LogP contribution in [-0.4, -0.2) is 18.5 Å². The lowest BCUT2D eigenvalue weighted by molar-refractivity contribution is -0.170. The summed E-state index contributed by atoms with van der Waals surface area (Å²) in [5, 5.41) is 0. The highest BCUT2D eigenvalue weighted by Gasteiger charge is 2.59. The first-order valence-electron chi connectivity index (χ1n) is 7.13. The molecule has 4 atom stereocenters. The molecule has 0 saturated heterocycles. The summed E-state index contributed by atoms with van der Waals surface area (Å²) in [7, 11) is 1.78. The van der Waals surface area contributed by atoms with Gasteiger partial charge in [0.2, 0.25) is 0 Å². The molecule has 3 fully saturated rings. The van der Waals surface area contributed by atoms with Crippen molar-refractivity contribution < 1.29 is 9.53 Å². The highest BCUT2D eigenvalue weighted by atomic mass is 16.5. The third-order valence-electron chi connectivity index (χ3n) is 5.61. The van der Waals surface area contributed by atoms with Crippen LogP contribution in [0.1, 0.15) is 44.6 Å². The molecule has 0 aromatic heterocycles. The van der Waals surface area contributed by atoms with Gasteiger partial charge in [-0.05, 0) is 37.2 Å². The first-order chi connectivity index (χ1) is 8.99. The molecule has 3 aliphatic carbocycles. The van der Waals surface area contributed by atoms with Gasteiger partial charge in [-0.15, -0.1) is 0 Å². The van der Waals surface area contributed by atoms with Crippen LogP contribution in [0.25, 0.3) is 0 Å². The minimum Gasteiger partial charge on any atom is -0.378 e. The number of fused-ring (bicyclic) bond motifs is 3. The molecule has 2 heteroatoms. The number of hydrogen-bond acceptors (Lipinski definition) is 2. The van der Waals surface area contributed by atoms with Crippen LogP contribution >= 0.6 is 0 Å². The molecular weight excluding hydrogens is 236 g/mol. The van der Waals surface area contributed by atoms with Gasteiger partial charge in [0, 0.05) is 18.9 Å². The average Bonchev–Trinajstić information content (AvgIpc) is 2.41. The Kier molecular flexibility index (Phi) is 2.82. The van der Waals surface area contributed by atoms with Gasteiger partial charge in [0.15, 0.2) is 0 Å². The molecule has 2 nitrogen and oxygen atoms in total. The molecule has 0 heterocycles. The van der Waals surface area contributed by atoms with Crippen LogP contribution in [0.4, 0.5) is 0 Å². The summed E-state index contributed by atoms with van der Waals surface area (Å²) in [6.45, 7) is 4.31. The fourth-order valence-corrected chi connectivity index (χ4v) is 4.27. The number of ketones is 1. The number of carbonyl (C=O) groups excluding carboxylic acids is 1. The van der Waals surface area contributed by atoms with Crippen molar-refractivity contribution in [1.29, 1.82) is 0 Å². The normalized spacial score (nSPS) is 41.5. The van der Waals surface area contributed by atoms with Crippen molar-refractivity contribution in [3.8, 4) is 0 Å². The van der Waals surface area contributed by atoms with Crippen molar-refractivity contribution in [2.24, 2.45) is 11.3 Å². The van der Waals surface area contributed by atoms with E-state index in [9.17, 15) is 4.79 Å². The zero-order chi connectivity index (χ0) is 13.7. The maximum absolute atomic E-state index is 12.5. The maximum atomic E-state index is 12.5. The summed E-state index contributed by atoms with van der Waals surface area (Å²) >= 11 is 0. The number of Topliss-reactive ketones (excluding diaryl/α,β-unsaturated/α-hetero) is 1. The van der Waals surface area contributed by atoms with Crippen LogP contribution in [0.5, 0.6) is 0 Å². The first kappa shape index (κ1) is 12.9. The lowest BCUT2D eigenvalue weighted by Crippen LogP contribution is -2.58. The molecule has 3 saturated carbocycles. The number of hydrogen-bond donors (Lipinski definition) is 0. The van der Waals surface area contributed by atoms with E-state index in [1.165, 1.54) is 5.56 Å². The van der Waals surface area contributed by atoms with Crippen molar-refractivity contribution in [3.05, 3.63) is 35.9 Å². The Labute approximate surface area is 115 Å². The highest BCUT2D eigenvalue weighted by molar-refractivity contribution is 5.88. The molecule has 0 aliphatic heterocycles. The second-order valence-electron chi connectivity index (χ2n) is 6.63. The van der Waals surface area contributed by atoms with E-state index in [2.05, 4.69) is 38.1 Å². The van der Waals surface area contributed by atoms with Gasteiger partial charge in [0.05, 0.1) is 5.60 Å². The van der Waals surface area contributed by atoms with Gasteiger partial charge < -0.3 is 4.74 Å². The molecule has 1 aromatic carbocycles. The van der Waals surface area contributed by atoms with Gasteiger partial charge in [-0.2, -0.15) is 0 Å². The summed E-state index contributed by atoms with van der Waals surface area (Å²) in [6, 6.07) is 10.5. The number of rotatable bonds is 2. The fraction of sp³-hybridized carbons (Fsp3) is 0.588. The first-order valence-corrected chi connectivity index (χ1v) is 7.13. The molecule has 1 aromatic rings. The van der Waals surface area contributed by atoms with E-state index in [1.807, 2.05) is 6.07 Å². The Bertz CT molecular complexity index is 495. The van der Waals surface area contributed by atoms with Gasteiger partial charge in [0.1, 0.15) is 5.78 Å². The largest absolute Gasteiger partial charge is 0.378 e. The molecule has 0 unspecified atom stereocenters. The van der Waals surface area contributed by atoms with Crippen LogP contribution in [0.3, 0.4) is 0 Å². The number of carbonyl (C=O) groups is 1. The Morgan fingerprint density at radius 3 is 2.53 bits per heavy atom. The summed E-state index contributed by atoms with van der Waals surface area (Å²) < 4.78 is 5.76. The fourth-order valence-electron chi connectivity index (χ4n) is 4.27. The predicted octanol–water partition coefficient (Wildman–Crippen LogP) is 3.56. The molecule has 4 rings (SSSR count). The minimum absolute atomic E-state index is 0.131. The van der Waals surface area contributed by atoms with Crippen molar-refractivity contribution in [1.82, 2.24) is 0 Å². The molecule has 102 valence electrons. The van der Waals surface area contributed by atoms with Crippen molar-refractivity contribution in [2.45, 2.75) is 44.6 Å². The quantitative estimate of drug-likeness (QED) is 0.810. The van der Waals surface area contributed by atoms with Gasteiger partial charge >= 0.3 is 0 Å². The number of benzene rings is 1. The third kappa shape index (κ3) is 1.77. The third-order valence-corrected chi connectivity index (χ3v) is 5.61. The van der Waals surface area contributed by atoms with E-state index in [1.54, 1.807) is 7.11 Å². The molecule has 3 aliphatic rings. The summed E-state index contributed by atoms with van der Waals surface area (Å²) in [6.07, 6.45) is 2.60. The second-order valence-corrected chi connectivity index (χ2v) is 6.63. The van der Waals surface area contributed by atoms with Crippen LogP contribution in [0, 0.1) is 11.3 Å². The number of ether oxygens (including phenoxy) is 1. The van der Waals surface area contributed by atoms with E-state index >= 15 is 0 Å². The topological polar surface area (TPSA) is 26.3 Å². The molecule has 19 heavy (non-hydrogen) atoms. The summed E-state index contributed by atoms with van der Waals surface area (Å²) in [4.78, 5) is 12.5. The van der Waals surface area contributed by atoms with Crippen LogP contribution in [-0.2, 0) is 9.53 Å². The maximum Gasteiger partial charge on any atom is 0.139 e. The van der Waals surface area contributed by atoms with Crippen LogP contribution in [0.2, 0.25) is 0 Å². The average molecular weight is 258 g/mol. The van der Waals surface area contributed by atoms with Crippen LogP contribution < -0.4 is 0 Å². The van der Waals surface area contributed by atoms with Gasteiger partial charge in [0.25, 0.3) is 0 Å². The second kappa shape index (κ2) is 4.17. The zero-order valence-corrected chi connectivity index (χ0v) is 12.0. The summed E-state index contributed by atoms with van der Waals surface area (Å²) in [5.41, 5.74) is 0.913. The van der Waals surface area contributed by atoms with Gasteiger partial charge in [-0.1, -0.05) is 37.3 Å². The van der Waals surface area contributed by atoms with E-state index in [4.69, 9.17) is 4.74 Å². The lowest BCUT2D eigenvalue weighted by atomic mass is 9.49. The van der Waals surface area contributed by atoms with E-state index in [0.717, 1.165) is 12.8 Å². The van der Waals surface area contributed by atoms with Gasteiger partial charge in [-0.3, -0.25) is 4.79 Å². The Hall–Kier alpha value is -1.15. The predicted molar refractivity (Wildman–Crippen MR) is 75.1 cm³/mol. The van der Waals surface area contributed by atoms with Crippen molar-refractivity contribution >= 4 is 5.78 Å². The number of methoxy groups -OCH3 is 1. The van der Waals surface area contributed by atoms with Crippen LogP contribution in [0.15, 0.2) is 30.3 Å². The minimum atomic E-state index is -0.263. The van der Waals surface area contributed by atoms with E-state index in [-0.39, 0.29) is 11.0 Å². The smallest absolute Gasteiger partial charge is 0.139 e. The molecule has 2 bridgehead atoms. The van der Waals surface area contributed by atoms with Gasteiger partial charge in [-0.25, -0.2) is 0 Å². The van der Waals surface area contributed by atoms with Crippen molar-refractivity contribution in [2.75, 3.05) is 7.11 Å². The Morgan fingerprint density at radius 2 is 1.89 bits per heavy atom. The lowest BCUT2D eigenvalue weighted by Gasteiger charge is -2.57. The zero-order valence-electron chi connectivity index (χ0n) is 12.0. The summed E-state index contributed by atoms with van der Waals surface area (Å²) in [5.74, 6) is 1.13. The molecule has 0 N–H and O–H groups in total. The van der Waals surface area contributed by atoms with E-state index < -0.39 is 0 Å². The molecule has 0 amide bonds. The molecule has 0 radical (unpaired) electrons. The standard InChI is InChI=1S/C17H22O2/c1-16-11-17(2,19-3)13(10-15(16)18)9-14(16)12-7-5-4-6-8-12/h4-8,13-14H,9-11H2,1-3H3/t13-,14+,16+,17+/m1/s1. The van der Waals surface area contributed by atoms with E-state index in [0.29, 0.717) is 24.0 Å². The molecule has 0 spiro atoms. The Morgan fingerprint density at radius 1 is 1.21 bits per heavy atom. The van der Waals surface area contributed by atoms with Crippen molar-refractivity contribution in [3.63, 3.8) is 0 Å². The Balaban J connectivity index is 2.01.